The van der Waals surface area contributed by atoms with E-state index in [4.69, 9.17) is 10.5 Å². The van der Waals surface area contributed by atoms with Gasteiger partial charge in [-0.3, -0.25) is 0 Å². The van der Waals surface area contributed by atoms with Gasteiger partial charge in [0.2, 0.25) is 0 Å². The van der Waals surface area contributed by atoms with Crippen LogP contribution in [0.15, 0.2) is 30.3 Å². The third-order valence-corrected chi connectivity index (χ3v) is 2.38. The zero-order chi connectivity index (χ0) is 12.1. The molecule has 0 amide bonds. The van der Waals surface area contributed by atoms with Crippen LogP contribution in [0.4, 0.5) is 0 Å². The molecule has 0 spiro atoms. The molecule has 0 saturated carbocycles. The number of ether oxygens (including phenoxy) is 1. The van der Waals surface area contributed by atoms with Crippen molar-refractivity contribution in [1.82, 2.24) is 14.8 Å². The third-order valence-electron chi connectivity index (χ3n) is 2.38. The highest BCUT2D eigenvalue weighted by atomic mass is 16.5. The molecule has 90 valence electrons. The molecule has 1 aromatic heterocycles. The molecule has 0 aliphatic rings. The van der Waals surface area contributed by atoms with Gasteiger partial charge in [-0.15, -0.1) is 0 Å². The van der Waals surface area contributed by atoms with Crippen molar-refractivity contribution in [2.24, 2.45) is 12.8 Å². The molecular formula is C12H16N4O. The molecule has 1 heterocycles. The second-order valence-corrected chi connectivity index (χ2v) is 3.71. The largest absolute Gasteiger partial charge is 0.486 e. The van der Waals surface area contributed by atoms with Crippen molar-refractivity contribution in [3.05, 3.63) is 42.0 Å². The highest BCUT2D eigenvalue weighted by molar-refractivity contribution is 5.21. The van der Waals surface area contributed by atoms with E-state index in [1.165, 1.54) is 0 Å². The molecule has 17 heavy (non-hydrogen) atoms. The molecule has 2 rings (SSSR count). The fraction of sp³-hybridized carbons (Fsp3) is 0.333. The second-order valence-electron chi connectivity index (χ2n) is 3.71. The number of hydrogen-bond donors (Lipinski definition) is 1. The Morgan fingerprint density at radius 2 is 2.06 bits per heavy atom. The number of nitrogens with zero attached hydrogens (tertiary/aromatic N) is 3. The van der Waals surface area contributed by atoms with Crippen molar-refractivity contribution < 1.29 is 4.74 Å². The average molecular weight is 232 g/mol. The fourth-order valence-electron chi connectivity index (χ4n) is 1.50. The van der Waals surface area contributed by atoms with Crippen molar-refractivity contribution in [3.63, 3.8) is 0 Å². The third kappa shape index (κ3) is 3.04. The van der Waals surface area contributed by atoms with Crippen molar-refractivity contribution in [3.8, 4) is 5.75 Å². The molecule has 0 saturated heterocycles. The Kier molecular flexibility index (Phi) is 3.72. The lowest BCUT2D eigenvalue weighted by atomic mass is 10.3. The van der Waals surface area contributed by atoms with Crippen molar-refractivity contribution in [2.75, 3.05) is 6.54 Å². The van der Waals surface area contributed by atoms with Crippen LogP contribution in [0, 0.1) is 0 Å². The van der Waals surface area contributed by atoms with Gasteiger partial charge in [0.05, 0.1) is 0 Å². The lowest BCUT2D eigenvalue weighted by molar-refractivity contribution is 0.290. The summed E-state index contributed by atoms with van der Waals surface area (Å²) in [5, 5.41) is 4.26. The molecule has 5 heteroatoms. The van der Waals surface area contributed by atoms with Crippen LogP contribution in [0.2, 0.25) is 0 Å². The smallest absolute Gasteiger partial charge is 0.164 e. The first-order valence-corrected chi connectivity index (χ1v) is 5.56. The Morgan fingerprint density at radius 3 is 2.76 bits per heavy atom. The molecule has 0 fully saturated rings. The van der Waals surface area contributed by atoms with E-state index in [1.807, 2.05) is 37.4 Å². The van der Waals surface area contributed by atoms with Crippen LogP contribution < -0.4 is 10.5 Å². The Bertz CT molecular complexity index is 467. The van der Waals surface area contributed by atoms with Crippen molar-refractivity contribution in [2.45, 2.75) is 13.0 Å². The molecular weight excluding hydrogens is 216 g/mol. The van der Waals surface area contributed by atoms with Gasteiger partial charge in [-0.2, -0.15) is 5.10 Å². The standard InChI is InChI=1S/C12H16N4O/c1-16-12(14-11(15-16)7-8-13)9-17-10-5-3-2-4-6-10/h2-6H,7-9,13H2,1H3. The van der Waals surface area contributed by atoms with Crippen molar-refractivity contribution in [1.29, 1.82) is 0 Å². The number of benzene rings is 1. The number of hydrogen-bond acceptors (Lipinski definition) is 4. The zero-order valence-electron chi connectivity index (χ0n) is 9.84. The van der Waals surface area contributed by atoms with Gasteiger partial charge < -0.3 is 10.5 Å². The summed E-state index contributed by atoms with van der Waals surface area (Å²) in [5.41, 5.74) is 5.46. The van der Waals surface area contributed by atoms with Gasteiger partial charge in [-0.1, -0.05) is 18.2 Å². The minimum Gasteiger partial charge on any atom is -0.486 e. The highest BCUT2D eigenvalue weighted by Crippen LogP contribution is 2.10. The van der Waals surface area contributed by atoms with Crippen LogP contribution in [-0.4, -0.2) is 21.3 Å². The summed E-state index contributed by atoms with van der Waals surface area (Å²) >= 11 is 0. The van der Waals surface area contributed by atoms with Gasteiger partial charge in [-0.05, 0) is 18.7 Å². The fourth-order valence-corrected chi connectivity index (χ4v) is 1.50. The Balaban J connectivity index is 1.99. The van der Waals surface area contributed by atoms with E-state index < -0.39 is 0 Å². The number of rotatable bonds is 5. The molecule has 0 bridgehead atoms. The maximum absolute atomic E-state index is 5.61. The number of para-hydroxylation sites is 1. The molecule has 2 N–H and O–H groups in total. The second kappa shape index (κ2) is 5.45. The lowest BCUT2D eigenvalue weighted by Crippen LogP contribution is -2.04. The predicted octanol–water partition coefficient (Wildman–Crippen LogP) is 0.895. The summed E-state index contributed by atoms with van der Waals surface area (Å²) in [6, 6.07) is 9.65. The van der Waals surface area contributed by atoms with E-state index in [0.29, 0.717) is 19.6 Å². The van der Waals surface area contributed by atoms with E-state index in [9.17, 15) is 0 Å². The Labute approximate surface area is 100 Å². The molecule has 1 aromatic carbocycles. The quantitative estimate of drug-likeness (QED) is 0.831. The highest BCUT2D eigenvalue weighted by Gasteiger charge is 2.06. The van der Waals surface area contributed by atoms with Crippen LogP contribution in [0.25, 0.3) is 0 Å². The number of aromatic nitrogens is 3. The summed E-state index contributed by atoms with van der Waals surface area (Å²) in [5.74, 6) is 2.40. The molecule has 0 unspecified atom stereocenters. The van der Waals surface area contributed by atoms with Crippen LogP contribution in [0.5, 0.6) is 5.75 Å². The van der Waals surface area contributed by atoms with E-state index in [1.54, 1.807) is 4.68 Å². The maximum Gasteiger partial charge on any atom is 0.164 e. The minimum absolute atomic E-state index is 0.415. The van der Waals surface area contributed by atoms with E-state index >= 15 is 0 Å². The SMILES string of the molecule is Cn1nc(CCN)nc1COc1ccccc1. The summed E-state index contributed by atoms with van der Waals surface area (Å²) in [7, 11) is 1.86. The Morgan fingerprint density at radius 1 is 1.29 bits per heavy atom. The van der Waals surface area contributed by atoms with Gasteiger partial charge >= 0.3 is 0 Å². The lowest BCUT2D eigenvalue weighted by Gasteiger charge is -2.04. The zero-order valence-corrected chi connectivity index (χ0v) is 9.84. The van der Waals surface area contributed by atoms with Crippen molar-refractivity contribution >= 4 is 0 Å². The molecule has 2 aromatic rings. The van der Waals surface area contributed by atoms with Gasteiger partial charge in [0, 0.05) is 13.5 Å². The summed E-state index contributed by atoms with van der Waals surface area (Å²) in [4.78, 5) is 4.36. The van der Waals surface area contributed by atoms with Gasteiger partial charge in [-0.25, -0.2) is 9.67 Å². The number of aryl methyl sites for hydroxylation is 1. The van der Waals surface area contributed by atoms with E-state index in [-0.39, 0.29) is 0 Å². The van der Waals surface area contributed by atoms with Crippen LogP contribution in [0.1, 0.15) is 11.6 Å². The average Bonchev–Trinajstić information content (AvgIpc) is 2.69. The van der Waals surface area contributed by atoms with E-state index in [2.05, 4.69) is 10.1 Å². The predicted molar refractivity (Wildman–Crippen MR) is 64.5 cm³/mol. The first-order chi connectivity index (χ1) is 8.29. The van der Waals surface area contributed by atoms with Gasteiger partial charge in [0.15, 0.2) is 11.6 Å². The Hall–Kier alpha value is -1.88. The summed E-state index contributed by atoms with van der Waals surface area (Å²) in [6.07, 6.45) is 0.694. The van der Waals surface area contributed by atoms with Crippen LogP contribution in [0.3, 0.4) is 0 Å². The van der Waals surface area contributed by atoms with Gasteiger partial charge in [0.1, 0.15) is 12.4 Å². The maximum atomic E-state index is 5.61. The monoisotopic (exact) mass is 232 g/mol. The van der Waals surface area contributed by atoms with Gasteiger partial charge in [0.25, 0.3) is 0 Å². The topological polar surface area (TPSA) is 66.0 Å². The molecule has 0 atom stereocenters. The summed E-state index contributed by atoms with van der Waals surface area (Å²) < 4.78 is 7.34. The first kappa shape index (κ1) is 11.6. The van der Waals surface area contributed by atoms with E-state index in [0.717, 1.165) is 17.4 Å². The number of nitrogens with two attached hydrogens (primary N) is 1. The normalized spacial score (nSPS) is 10.5. The molecule has 0 aliphatic carbocycles. The molecule has 5 nitrogen and oxygen atoms in total. The first-order valence-electron chi connectivity index (χ1n) is 5.56. The molecule has 0 aliphatic heterocycles. The molecule has 0 radical (unpaired) electrons. The van der Waals surface area contributed by atoms with Crippen LogP contribution >= 0.6 is 0 Å². The van der Waals surface area contributed by atoms with Crippen LogP contribution in [-0.2, 0) is 20.1 Å². The summed E-state index contributed by atoms with van der Waals surface area (Å²) in [6.45, 7) is 0.973. The minimum atomic E-state index is 0.415.